The summed E-state index contributed by atoms with van der Waals surface area (Å²) in [5.74, 6) is -0.204. The van der Waals surface area contributed by atoms with Crippen molar-refractivity contribution >= 4 is 34.8 Å². The molecule has 2 amide bonds. The van der Waals surface area contributed by atoms with Crippen LogP contribution >= 0.6 is 11.3 Å². The summed E-state index contributed by atoms with van der Waals surface area (Å²) in [6, 6.07) is 14.8. The average Bonchev–Trinajstić information content (AvgIpc) is 3.27. The van der Waals surface area contributed by atoms with Crippen molar-refractivity contribution in [2.24, 2.45) is 0 Å². The second-order valence-electron chi connectivity index (χ2n) is 7.89. The van der Waals surface area contributed by atoms with Gasteiger partial charge in [0.05, 0.1) is 5.92 Å². The lowest BCUT2D eigenvalue weighted by molar-refractivity contribution is -0.113. The molecule has 3 aromatic rings. The van der Waals surface area contributed by atoms with Crippen LogP contribution in [0.25, 0.3) is 0 Å². The quantitative estimate of drug-likeness (QED) is 0.515. The Morgan fingerprint density at radius 1 is 0.788 bits per heavy atom. The summed E-state index contributed by atoms with van der Waals surface area (Å²) in [4.78, 5) is 36.6. The number of carbonyl (C=O) groups excluding carboxylic acids is 2. The maximum atomic E-state index is 13.5. The van der Waals surface area contributed by atoms with Gasteiger partial charge in [0.1, 0.15) is 11.6 Å². The molecule has 0 aromatic carbocycles. The smallest absolute Gasteiger partial charge is 0.255 e. The molecule has 3 aromatic heterocycles. The molecule has 7 nitrogen and oxygen atoms in total. The lowest BCUT2D eigenvalue weighted by atomic mass is 9.83. The van der Waals surface area contributed by atoms with Crippen LogP contribution in [-0.4, -0.2) is 21.8 Å². The predicted molar refractivity (Wildman–Crippen MR) is 131 cm³/mol. The zero-order valence-electron chi connectivity index (χ0n) is 18.9. The molecule has 4 rings (SSSR count). The molecule has 3 N–H and O–H groups in total. The maximum absolute atomic E-state index is 13.5. The molecule has 0 atom stereocenters. The van der Waals surface area contributed by atoms with Crippen LogP contribution in [0, 0.1) is 13.8 Å². The van der Waals surface area contributed by atoms with Crippen LogP contribution in [0.3, 0.4) is 0 Å². The molecule has 0 saturated heterocycles. The minimum Gasteiger partial charge on any atom is -0.362 e. The highest BCUT2D eigenvalue weighted by molar-refractivity contribution is 7.10. The third-order valence-electron chi connectivity index (χ3n) is 5.34. The van der Waals surface area contributed by atoms with E-state index in [0.29, 0.717) is 34.2 Å². The average molecular weight is 460 g/mol. The Labute approximate surface area is 196 Å². The van der Waals surface area contributed by atoms with E-state index in [2.05, 4.69) is 25.9 Å². The van der Waals surface area contributed by atoms with Gasteiger partial charge in [-0.1, -0.05) is 18.2 Å². The number of allylic oxidation sites excluding steroid dienone is 2. The first-order chi connectivity index (χ1) is 15.8. The van der Waals surface area contributed by atoms with Gasteiger partial charge >= 0.3 is 0 Å². The number of rotatable bonds is 5. The van der Waals surface area contributed by atoms with Crippen LogP contribution in [0.5, 0.6) is 0 Å². The number of thiophene rings is 1. The number of anilines is 2. The number of hydrogen-bond donors (Lipinski definition) is 3. The number of aromatic nitrogens is 2. The van der Waals surface area contributed by atoms with Crippen LogP contribution < -0.4 is 16.0 Å². The van der Waals surface area contributed by atoms with Crippen LogP contribution in [0.2, 0.25) is 0 Å². The minimum atomic E-state index is -0.527. The second-order valence-corrected chi connectivity index (χ2v) is 8.87. The third-order valence-corrected chi connectivity index (χ3v) is 6.27. The maximum Gasteiger partial charge on any atom is 0.255 e. The van der Waals surface area contributed by atoms with Gasteiger partial charge in [-0.3, -0.25) is 9.59 Å². The van der Waals surface area contributed by atoms with E-state index in [1.807, 2.05) is 69.5 Å². The van der Waals surface area contributed by atoms with Crippen LogP contribution in [0.1, 0.15) is 36.0 Å². The minimum absolute atomic E-state index is 0.303. The van der Waals surface area contributed by atoms with Gasteiger partial charge in [-0.2, -0.15) is 0 Å². The topological polar surface area (TPSA) is 96.0 Å². The summed E-state index contributed by atoms with van der Waals surface area (Å²) in [5.41, 5.74) is 3.96. The first-order valence-electron chi connectivity index (χ1n) is 10.6. The molecular weight excluding hydrogens is 434 g/mol. The van der Waals surface area contributed by atoms with Crippen molar-refractivity contribution in [1.82, 2.24) is 15.3 Å². The van der Waals surface area contributed by atoms with E-state index in [0.717, 1.165) is 16.3 Å². The predicted octanol–water partition coefficient (Wildman–Crippen LogP) is 4.67. The fourth-order valence-electron chi connectivity index (χ4n) is 3.93. The van der Waals surface area contributed by atoms with Gasteiger partial charge in [0.2, 0.25) is 0 Å². The molecule has 0 spiro atoms. The van der Waals surface area contributed by atoms with Gasteiger partial charge in [-0.25, -0.2) is 9.97 Å². The normalized spacial score (nSPS) is 14.2. The van der Waals surface area contributed by atoms with E-state index >= 15 is 0 Å². The van der Waals surface area contributed by atoms with Gasteiger partial charge in [-0.05, 0) is 63.4 Å². The Hall–Kier alpha value is -3.78. The van der Waals surface area contributed by atoms with Crippen molar-refractivity contribution in [2.45, 2.75) is 33.6 Å². The van der Waals surface area contributed by atoms with E-state index in [4.69, 9.17) is 0 Å². The van der Waals surface area contributed by atoms with Crippen molar-refractivity contribution in [3.05, 3.63) is 92.7 Å². The second kappa shape index (κ2) is 9.38. The van der Waals surface area contributed by atoms with Crippen molar-refractivity contribution in [3.8, 4) is 0 Å². The molecule has 0 aliphatic carbocycles. The zero-order chi connectivity index (χ0) is 23.5. The molecule has 0 radical (unpaired) electrons. The summed E-state index contributed by atoms with van der Waals surface area (Å²) in [5, 5.41) is 11.0. The van der Waals surface area contributed by atoms with Crippen molar-refractivity contribution < 1.29 is 9.59 Å². The van der Waals surface area contributed by atoms with E-state index < -0.39 is 5.92 Å². The number of nitrogens with one attached hydrogen (secondary N) is 3. The first kappa shape index (κ1) is 22.4. The van der Waals surface area contributed by atoms with Crippen LogP contribution in [0.4, 0.5) is 11.6 Å². The monoisotopic (exact) mass is 459 g/mol. The molecule has 168 valence electrons. The third kappa shape index (κ3) is 4.85. The number of carbonyl (C=O) groups is 2. The van der Waals surface area contributed by atoms with Gasteiger partial charge in [0.15, 0.2) is 0 Å². The van der Waals surface area contributed by atoms with Gasteiger partial charge in [0.25, 0.3) is 11.8 Å². The highest BCUT2D eigenvalue weighted by Crippen LogP contribution is 2.40. The van der Waals surface area contributed by atoms with E-state index in [1.165, 1.54) is 11.3 Å². The summed E-state index contributed by atoms with van der Waals surface area (Å²) in [6.07, 6.45) is 0. The van der Waals surface area contributed by atoms with E-state index in [-0.39, 0.29) is 11.8 Å². The van der Waals surface area contributed by atoms with Crippen LogP contribution in [-0.2, 0) is 9.59 Å². The molecule has 0 bridgehead atoms. The van der Waals surface area contributed by atoms with Gasteiger partial charge < -0.3 is 16.0 Å². The highest BCUT2D eigenvalue weighted by atomic mass is 32.1. The molecular formula is C25H25N5O2S. The standard InChI is InChI=1S/C25H25N5O2S/c1-14-8-5-11-19(26-14)29-24(31)21-16(3)28-17(4)22(23(21)18-10-7-13-33-18)25(32)30-20-12-6-9-15(2)27-20/h5-13,23,28H,1-4H3,(H,26,29,31)(H,27,30,32). The molecule has 8 heteroatoms. The SMILES string of the molecule is CC1=C(C(=O)Nc2cccc(C)n2)C(c2cccs2)C(C(=O)Nc2cccc(C)n2)=C(C)N1. The summed E-state index contributed by atoms with van der Waals surface area (Å²) >= 11 is 1.51. The largest absolute Gasteiger partial charge is 0.362 e. The number of aryl methyl sites for hydroxylation is 2. The van der Waals surface area contributed by atoms with Crippen molar-refractivity contribution in [2.75, 3.05) is 10.6 Å². The number of amides is 2. The van der Waals surface area contributed by atoms with Crippen LogP contribution in [0.15, 0.2) is 76.5 Å². The molecule has 0 unspecified atom stereocenters. The highest BCUT2D eigenvalue weighted by Gasteiger charge is 2.37. The Balaban J connectivity index is 1.71. The molecule has 0 saturated carbocycles. The number of hydrogen-bond acceptors (Lipinski definition) is 6. The van der Waals surface area contributed by atoms with Crippen molar-refractivity contribution in [1.29, 1.82) is 0 Å². The number of dihydropyridines is 1. The number of nitrogens with zero attached hydrogens (tertiary/aromatic N) is 2. The van der Waals surface area contributed by atoms with E-state index in [1.54, 1.807) is 12.1 Å². The zero-order valence-corrected chi connectivity index (χ0v) is 19.7. The van der Waals surface area contributed by atoms with E-state index in [9.17, 15) is 9.59 Å². The molecule has 4 heterocycles. The van der Waals surface area contributed by atoms with Crippen molar-refractivity contribution in [3.63, 3.8) is 0 Å². The lowest BCUT2D eigenvalue weighted by Crippen LogP contribution is -2.35. The van der Waals surface area contributed by atoms with Gasteiger partial charge in [-0.15, -0.1) is 11.3 Å². The Morgan fingerprint density at radius 2 is 1.30 bits per heavy atom. The Morgan fingerprint density at radius 3 is 1.73 bits per heavy atom. The fraction of sp³-hybridized carbons (Fsp3) is 0.200. The molecule has 1 aliphatic rings. The molecule has 1 aliphatic heterocycles. The summed E-state index contributed by atoms with van der Waals surface area (Å²) in [6.45, 7) is 7.42. The first-order valence-corrected chi connectivity index (χ1v) is 11.4. The van der Waals surface area contributed by atoms with Gasteiger partial charge in [0, 0.05) is 38.8 Å². The Bertz CT molecular complexity index is 1200. The lowest BCUT2D eigenvalue weighted by Gasteiger charge is -2.30. The number of pyridine rings is 2. The fourth-order valence-corrected chi connectivity index (χ4v) is 4.77. The molecule has 33 heavy (non-hydrogen) atoms. The Kier molecular flexibility index (Phi) is 6.37. The molecule has 0 fully saturated rings. The summed E-state index contributed by atoms with van der Waals surface area (Å²) in [7, 11) is 0. The summed E-state index contributed by atoms with van der Waals surface area (Å²) < 4.78 is 0.